The van der Waals surface area contributed by atoms with Crippen LogP contribution in [0.25, 0.3) is 0 Å². The lowest BCUT2D eigenvalue weighted by molar-refractivity contribution is 0.0896. The number of benzene rings is 1. The lowest BCUT2D eigenvalue weighted by Crippen LogP contribution is -2.41. The number of nitrogens with zero attached hydrogens (tertiary/aromatic N) is 1. The third-order valence-corrected chi connectivity index (χ3v) is 3.93. The van der Waals surface area contributed by atoms with Gasteiger partial charge in [0.15, 0.2) is 5.78 Å². The Labute approximate surface area is 115 Å². The Hall–Kier alpha value is -1.19. The second-order valence-electron chi connectivity index (χ2n) is 5.24. The smallest absolute Gasteiger partial charge is 0.164 e. The highest BCUT2D eigenvalue weighted by Crippen LogP contribution is 2.20. The van der Waals surface area contributed by atoms with E-state index >= 15 is 0 Å². The molecule has 3 nitrogen and oxygen atoms in total. The van der Waals surface area contributed by atoms with Crippen LogP contribution in [0.5, 0.6) is 0 Å². The van der Waals surface area contributed by atoms with Crippen LogP contribution in [0, 0.1) is 0 Å². The molecule has 0 aliphatic carbocycles. The van der Waals surface area contributed by atoms with Crippen LogP contribution < -0.4 is 0 Å². The summed E-state index contributed by atoms with van der Waals surface area (Å²) in [4.78, 5) is 14.5. The van der Waals surface area contributed by atoms with Gasteiger partial charge in [-0.05, 0) is 25.8 Å². The summed E-state index contributed by atoms with van der Waals surface area (Å²) in [5.74, 6) is 0.217. The van der Waals surface area contributed by atoms with E-state index in [0.717, 1.165) is 31.5 Å². The zero-order valence-electron chi connectivity index (χ0n) is 11.4. The number of rotatable bonds is 6. The van der Waals surface area contributed by atoms with Crippen molar-refractivity contribution in [1.29, 1.82) is 0 Å². The van der Waals surface area contributed by atoms with E-state index in [1.807, 2.05) is 30.3 Å². The first-order valence-electron chi connectivity index (χ1n) is 7.24. The van der Waals surface area contributed by atoms with E-state index in [-0.39, 0.29) is 12.4 Å². The highest BCUT2D eigenvalue weighted by atomic mass is 16.3. The molecule has 1 aliphatic heterocycles. The summed E-state index contributed by atoms with van der Waals surface area (Å²) < 4.78 is 0. The van der Waals surface area contributed by atoms with Crippen LogP contribution >= 0.6 is 0 Å². The van der Waals surface area contributed by atoms with Gasteiger partial charge in [-0.1, -0.05) is 36.8 Å². The van der Waals surface area contributed by atoms with Crippen molar-refractivity contribution in [3.05, 3.63) is 35.9 Å². The molecule has 19 heavy (non-hydrogen) atoms. The van der Waals surface area contributed by atoms with Gasteiger partial charge < -0.3 is 5.11 Å². The van der Waals surface area contributed by atoms with E-state index in [0.29, 0.717) is 12.5 Å². The van der Waals surface area contributed by atoms with Crippen molar-refractivity contribution < 1.29 is 9.90 Å². The van der Waals surface area contributed by atoms with Crippen LogP contribution in [0.3, 0.4) is 0 Å². The van der Waals surface area contributed by atoms with Crippen molar-refractivity contribution in [3.8, 4) is 0 Å². The molecule has 0 saturated carbocycles. The first-order chi connectivity index (χ1) is 9.31. The minimum Gasteiger partial charge on any atom is -0.396 e. The van der Waals surface area contributed by atoms with Crippen molar-refractivity contribution in [2.24, 2.45) is 0 Å². The average molecular weight is 261 g/mol. The Bertz CT molecular complexity index is 389. The summed E-state index contributed by atoms with van der Waals surface area (Å²) in [5.41, 5.74) is 0.804. The minimum absolute atomic E-state index is 0.217. The molecule has 1 unspecified atom stereocenters. The Balaban J connectivity index is 1.85. The fourth-order valence-corrected chi connectivity index (χ4v) is 2.84. The number of carbonyl (C=O) groups is 1. The van der Waals surface area contributed by atoms with Gasteiger partial charge in [0.1, 0.15) is 0 Å². The van der Waals surface area contributed by atoms with Crippen molar-refractivity contribution in [3.63, 3.8) is 0 Å². The number of Topliss-reactive ketones (excluding diaryl/α,β-unsaturated/α-hetero) is 1. The summed E-state index contributed by atoms with van der Waals surface area (Å²) in [6.07, 6.45) is 5.01. The van der Waals surface area contributed by atoms with Gasteiger partial charge in [-0.3, -0.25) is 9.69 Å². The fourth-order valence-electron chi connectivity index (χ4n) is 2.84. The summed E-state index contributed by atoms with van der Waals surface area (Å²) in [5, 5.41) is 9.10. The molecule has 1 fully saturated rings. The first-order valence-corrected chi connectivity index (χ1v) is 7.24. The summed E-state index contributed by atoms with van der Waals surface area (Å²) in [7, 11) is 0. The minimum atomic E-state index is 0.217. The normalized spacial score (nSPS) is 20.4. The maximum Gasteiger partial charge on any atom is 0.164 e. The number of aliphatic hydroxyl groups is 1. The van der Waals surface area contributed by atoms with Gasteiger partial charge in [-0.15, -0.1) is 0 Å². The monoisotopic (exact) mass is 261 g/mol. The van der Waals surface area contributed by atoms with E-state index in [1.54, 1.807) is 0 Å². The zero-order chi connectivity index (χ0) is 13.5. The van der Waals surface area contributed by atoms with Gasteiger partial charge in [-0.2, -0.15) is 0 Å². The van der Waals surface area contributed by atoms with Crippen molar-refractivity contribution in [2.75, 3.05) is 19.7 Å². The largest absolute Gasteiger partial charge is 0.396 e. The molecule has 1 aromatic rings. The van der Waals surface area contributed by atoms with E-state index in [4.69, 9.17) is 5.11 Å². The molecule has 2 rings (SSSR count). The molecule has 0 bridgehead atoms. The molecule has 0 spiro atoms. The molecule has 1 atom stereocenters. The van der Waals surface area contributed by atoms with Gasteiger partial charge in [0, 0.05) is 31.2 Å². The fraction of sp³-hybridized carbons (Fsp3) is 0.562. The Kier molecular flexibility index (Phi) is 5.55. The van der Waals surface area contributed by atoms with Crippen molar-refractivity contribution in [1.82, 2.24) is 4.90 Å². The molecule has 104 valence electrons. The van der Waals surface area contributed by atoms with Crippen molar-refractivity contribution in [2.45, 2.75) is 38.1 Å². The second kappa shape index (κ2) is 7.41. The number of hydrogen-bond donors (Lipinski definition) is 1. The topological polar surface area (TPSA) is 40.5 Å². The lowest BCUT2D eigenvalue weighted by atomic mass is 9.98. The van der Waals surface area contributed by atoms with Crippen LogP contribution in [-0.4, -0.2) is 41.5 Å². The van der Waals surface area contributed by atoms with Crippen LogP contribution in [0.4, 0.5) is 0 Å². The highest BCUT2D eigenvalue weighted by Gasteiger charge is 2.22. The Morgan fingerprint density at radius 2 is 2.05 bits per heavy atom. The molecule has 1 saturated heterocycles. The van der Waals surface area contributed by atoms with Crippen LogP contribution in [0.2, 0.25) is 0 Å². The number of carbonyl (C=O) groups excluding carboxylic acids is 1. The molecule has 1 heterocycles. The molecule has 3 heteroatoms. The molecule has 0 amide bonds. The van der Waals surface area contributed by atoms with Gasteiger partial charge in [-0.25, -0.2) is 0 Å². The van der Waals surface area contributed by atoms with Crippen LogP contribution in [0.15, 0.2) is 30.3 Å². The molecule has 1 aliphatic rings. The second-order valence-corrected chi connectivity index (χ2v) is 5.24. The van der Waals surface area contributed by atoms with Crippen molar-refractivity contribution >= 4 is 5.78 Å². The molecule has 1 N–H and O–H groups in total. The highest BCUT2D eigenvalue weighted by molar-refractivity contribution is 5.96. The van der Waals surface area contributed by atoms with Gasteiger partial charge in [0.05, 0.1) is 0 Å². The van der Waals surface area contributed by atoms with E-state index < -0.39 is 0 Å². The van der Waals surface area contributed by atoms with Gasteiger partial charge >= 0.3 is 0 Å². The molecular formula is C16H23NO2. The summed E-state index contributed by atoms with van der Waals surface area (Å²) in [6.45, 7) is 2.12. The maximum atomic E-state index is 12.1. The number of ketones is 1. The SMILES string of the molecule is O=C(CCN1CCCCC1CCO)c1ccccc1. The number of piperidine rings is 1. The molecule has 0 radical (unpaired) electrons. The van der Waals surface area contributed by atoms with Crippen LogP contribution in [-0.2, 0) is 0 Å². The number of hydrogen-bond acceptors (Lipinski definition) is 3. The van der Waals surface area contributed by atoms with Gasteiger partial charge in [0.25, 0.3) is 0 Å². The Morgan fingerprint density at radius 3 is 2.79 bits per heavy atom. The van der Waals surface area contributed by atoms with E-state index in [1.165, 1.54) is 12.8 Å². The summed E-state index contributed by atoms with van der Waals surface area (Å²) >= 11 is 0. The predicted octanol–water partition coefficient (Wildman–Crippen LogP) is 2.50. The first kappa shape index (κ1) is 14.2. The quantitative estimate of drug-likeness (QED) is 0.800. The molecule has 0 aromatic heterocycles. The third kappa shape index (κ3) is 4.15. The third-order valence-electron chi connectivity index (χ3n) is 3.93. The molecular weight excluding hydrogens is 238 g/mol. The maximum absolute atomic E-state index is 12.1. The van der Waals surface area contributed by atoms with E-state index in [2.05, 4.69) is 4.90 Å². The standard InChI is InChI=1S/C16H23NO2/c18-13-10-15-8-4-5-11-17(15)12-9-16(19)14-6-2-1-3-7-14/h1-3,6-7,15,18H,4-5,8-13H2. The number of likely N-dealkylation sites (tertiary alicyclic amines) is 1. The van der Waals surface area contributed by atoms with E-state index in [9.17, 15) is 4.79 Å². The summed E-state index contributed by atoms with van der Waals surface area (Å²) in [6, 6.07) is 9.96. The predicted molar refractivity (Wildman–Crippen MR) is 76.3 cm³/mol. The van der Waals surface area contributed by atoms with Crippen LogP contribution in [0.1, 0.15) is 42.5 Å². The number of aliphatic hydroxyl groups excluding tert-OH is 1. The average Bonchev–Trinajstić information content (AvgIpc) is 2.47. The lowest BCUT2D eigenvalue weighted by Gasteiger charge is -2.35. The Morgan fingerprint density at radius 1 is 1.26 bits per heavy atom. The zero-order valence-corrected chi connectivity index (χ0v) is 11.4. The molecule has 1 aromatic carbocycles. The van der Waals surface area contributed by atoms with Gasteiger partial charge in [0.2, 0.25) is 0 Å².